The Labute approximate surface area is 150 Å². The predicted octanol–water partition coefficient (Wildman–Crippen LogP) is 4.58. The summed E-state index contributed by atoms with van der Waals surface area (Å²) in [5.74, 6) is -10.9. The van der Waals surface area contributed by atoms with Gasteiger partial charge in [0.1, 0.15) is 5.88 Å². The lowest BCUT2D eigenvalue weighted by Crippen LogP contribution is -2.14. The molecule has 3 nitrogen and oxygen atoms in total. The Bertz CT molecular complexity index is 815. The van der Waals surface area contributed by atoms with Crippen LogP contribution in [0.5, 0.6) is 0 Å². The normalized spacial score (nSPS) is 10.9. The fourth-order valence-corrected chi connectivity index (χ4v) is 2.22. The Morgan fingerprint density at radius 2 is 1.58 bits per heavy atom. The third-order valence-corrected chi connectivity index (χ3v) is 3.71. The average Bonchev–Trinajstić information content (AvgIpc) is 2.62. The van der Waals surface area contributed by atoms with Crippen molar-refractivity contribution in [2.24, 2.45) is 0 Å². The van der Waals surface area contributed by atoms with Crippen LogP contribution in [0, 0.1) is 36.0 Å². The quantitative estimate of drug-likeness (QED) is 0.337. The number of hydrogen-bond donors (Lipinski definition) is 1. The lowest BCUT2D eigenvalue weighted by atomic mass is 10.1. The number of halogens is 6. The van der Waals surface area contributed by atoms with Crippen molar-refractivity contribution < 1.29 is 31.5 Å². The first kappa shape index (κ1) is 20.1. The van der Waals surface area contributed by atoms with Crippen LogP contribution in [-0.2, 0) is 22.7 Å². The van der Waals surface area contributed by atoms with Crippen molar-refractivity contribution in [2.45, 2.75) is 20.1 Å². The van der Waals surface area contributed by atoms with Crippen LogP contribution in [0.4, 0.5) is 27.6 Å². The van der Waals surface area contributed by atoms with Gasteiger partial charge in [0.05, 0.1) is 18.8 Å². The summed E-state index contributed by atoms with van der Waals surface area (Å²) in [4.78, 5) is 11.4. The summed E-state index contributed by atoms with van der Waals surface area (Å²) in [7, 11) is 0. The van der Waals surface area contributed by atoms with E-state index in [0.717, 1.165) is 5.56 Å². The molecule has 0 radical (unpaired) electrons. The summed E-state index contributed by atoms with van der Waals surface area (Å²) >= 11 is 5.43. The Morgan fingerprint density at radius 3 is 2.15 bits per heavy atom. The molecular formula is C17H13ClF5NO2. The highest BCUT2D eigenvalue weighted by atomic mass is 35.5. The zero-order valence-electron chi connectivity index (χ0n) is 13.4. The first-order valence-corrected chi connectivity index (χ1v) is 7.83. The molecule has 0 bridgehead atoms. The predicted molar refractivity (Wildman–Crippen MR) is 85.3 cm³/mol. The monoisotopic (exact) mass is 393 g/mol. The van der Waals surface area contributed by atoms with Crippen LogP contribution in [0.2, 0.25) is 0 Å². The molecule has 0 saturated heterocycles. The number of carbonyl (C=O) groups is 1. The van der Waals surface area contributed by atoms with Crippen LogP contribution in [0.15, 0.2) is 18.2 Å². The lowest BCUT2D eigenvalue weighted by Gasteiger charge is -2.13. The molecule has 0 atom stereocenters. The van der Waals surface area contributed by atoms with E-state index in [2.05, 4.69) is 5.32 Å². The topological polar surface area (TPSA) is 38.3 Å². The van der Waals surface area contributed by atoms with E-state index in [-0.39, 0.29) is 12.5 Å². The van der Waals surface area contributed by atoms with Crippen molar-refractivity contribution in [2.75, 3.05) is 11.2 Å². The summed E-state index contributed by atoms with van der Waals surface area (Å²) in [6, 6.07) is 4.92. The van der Waals surface area contributed by atoms with Gasteiger partial charge in [-0.1, -0.05) is 12.1 Å². The lowest BCUT2D eigenvalue weighted by molar-refractivity contribution is -0.113. The molecule has 0 aliphatic carbocycles. The van der Waals surface area contributed by atoms with Gasteiger partial charge in [0, 0.05) is 11.3 Å². The number of benzene rings is 2. The van der Waals surface area contributed by atoms with Gasteiger partial charge in [0.2, 0.25) is 11.7 Å². The number of carbonyl (C=O) groups excluding carboxylic acids is 1. The summed E-state index contributed by atoms with van der Waals surface area (Å²) in [6.07, 6.45) is 0. The molecule has 0 aliphatic heterocycles. The first-order chi connectivity index (χ1) is 12.3. The Balaban J connectivity index is 2.18. The Kier molecular flexibility index (Phi) is 6.55. The number of alkyl halides is 1. The van der Waals surface area contributed by atoms with Crippen LogP contribution in [-0.4, -0.2) is 11.8 Å². The van der Waals surface area contributed by atoms with Gasteiger partial charge in [-0.15, -0.1) is 11.6 Å². The van der Waals surface area contributed by atoms with E-state index in [9.17, 15) is 26.7 Å². The van der Waals surface area contributed by atoms with Crippen molar-refractivity contribution in [3.8, 4) is 0 Å². The third kappa shape index (κ3) is 4.31. The first-order valence-electron chi connectivity index (χ1n) is 7.29. The van der Waals surface area contributed by atoms with Gasteiger partial charge in [0.25, 0.3) is 0 Å². The zero-order chi connectivity index (χ0) is 19.4. The fraction of sp³-hybridized carbons (Fsp3) is 0.235. The molecule has 0 heterocycles. The standard InChI is InChI=1S/C17H13ClF5NO2/c1-8-2-3-9(11(4-8)24-12(25)5-18)6-26-7-10-13(19)15(21)17(23)16(22)14(10)20/h2-4H,5-7H2,1H3,(H,24,25). The maximum atomic E-state index is 13.6. The van der Waals surface area contributed by atoms with E-state index in [1.54, 1.807) is 25.1 Å². The third-order valence-electron chi connectivity index (χ3n) is 3.47. The van der Waals surface area contributed by atoms with Gasteiger partial charge in [-0.05, 0) is 18.6 Å². The second-order valence-electron chi connectivity index (χ2n) is 5.38. The van der Waals surface area contributed by atoms with Gasteiger partial charge in [-0.25, -0.2) is 22.0 Å². The Morgan fingerprint density at radius 1 is 1.00 bits per heavy atom. The number of rotatable bonds is 6. The van der Waals surface area contributed by atoms with Crippen LogP contribution in [0.1, 0.15) is 16.7 Å². The van der Waals surface area contributed by atoms with Crippen molar-refractivity contribution in [1.82, 2.24) is 0 Å². The minimum atomic E-state index is -2.23. The molecule has 2 aromatic rings. The smallest absolute Gasteiger partial charge is 0.239 e. The van der Waals surface area contributed by atoms with E-state index >= 15 is 0 Å². The van der Waals surface area contributed by atoms with Crippen LogP contribution >= 0.6 is 11.6 Å². The van der Waals surface area contributed by atoms with Crippen molar-refractivity contribution in [3.63, 3.8) is 0 Å². The molecule has 2 rings (SSSR count). The molecule has 2 aromatic carbocycles. The van der Waals surface area contributed by atoms with Gasteiger partial charge < -0.3 is 10.1 Å². The van der Waals surface area contributed by atoms with Gasteiger partial charge in [-0.3, -0.25) is 4.79 Å². The van der Waals surface area contributed by atoms with Crippen LogP contribution in [0.3, 0.4) is 0 Å². The van der Waals surface area contributed by atoms with Crippen molar-refractivity contribution in [1.29, 1.82) is 0 Å². The van der Waals surface area contributed by atoms with Gasteiger partial charge >= 0.3 is 0 Å². The number of anilines is 1. The number of amides is 1. The highest BCUT2D eigenvalue weighted by Crippen LogP contribution is 2.25. The number of hydrogen-bond acceptors (Lipinski definition) is 2. The maximum absolute atomic E-state index is 13.6. The summed E-state index contributed by atoms with van der Waals surface area (Å²) in [5.41, 5.74) is 0.559. The molecule has 0 unspecified atom stereocenters. The number of nitrogens with one attached hydrogen (secondary N) is 1. The molecule has 1 N–H and O–H groups in total. The molecular weight excluding hydrogens is 381 g/mol. The highest BCUT2D eigenvalue weighted by molar-refractivity contribution is 6.29. The van der Waals surface area contributed by atoms with Crippen molar-refractivity contribution >= 4 is 23.2 Å². The van der Waals surface area contributed by atoms with Crippen molar-refractivity contribution in [3.05, 3.63) is 64.0 Å². The molecule has 0 saturated carbocycles. The Hall–Kier alpha value is -2.19. The summed E-state index contributed by atoms with van der Waals surface area (Å²) < 4.78 is 71.7. The number of ether oxygens (including phenoxy) is 1. The second-order valence-corrected chi connectivity index (χ2v) is 5.65. The highest BCUT2D eigenvalue weighted by Gasteiger charge is 2.25. The zero-order valence-corrected chi connectivity index (χ0v) is 14.2. The maximum Gasteiger partial charge on any atom is 0.239 e. The summed E-state index contributed by atoms with van der Waals surface area (Å²) in [5, 5.41) is 2.53. The van der Waals surface area contributed by atoms with E-state index in [1.807, 2.05) is 0 Å². The number of aryl methyl sites for hydroxylation is 1. The molecule has 9 heteroatoms. The van der Waals surface area contributed by atoms with E-state index in [0.29, 0.717) is 11.3 Å². The van der Waals surface area contributed by atoms with E-state index < -0.39 is 47.2 Å². The van der Waals surface area contributed by atoms with Crippen LogP contribution < -0.4 is 5.32 Å². The SMILES string of the molecule is Cc1ccc(COCc2c(F)c(F)c(F)c(F)c2F)c(NC(=O)CCl)c1. The summed E-state index contributed by atoms with van der Waals surface area (Å²) in [6.45, 7) is 0.691. The fourth-order valence-electron chi connectivity index (χ4n) is 2.16. The minimum Gasteiger partial charge on any atom is -0.372 e. The molecule has 140 valence electrons. The van der Waals surface area contributed by atoms with Gasteiger partial charge in [-0.2, -0.15) is 0 Å². The largest absolute Gasteiger partial charge is 0.372 e. The van der Waals surface area contributed by atoms with Gasteiger partial charge in [0.15, 0.2) is 23.3 Å². The molecule has 1 amide bonds. The molecule has 26 heavy (non-hydrogen) atoms. The molecule has 0 spiro atoms. The van der Waals surface area contributed by atoms with E-state index in [4.69, 9.17) is 16.3 Å². The molecule has 0 fully saturated rings. The van der Waals surface area contributed by atoms with Crippen LogP contribution in [0.25, 0.3) is 0 Å². The molecule has 0 aromatic heterocycles. The molecule has 0 aliphatic rings. The minimum absolute atomic E-state index is 0.238. The average molecular weight is 394 g/mol. The second kappa shape index (κ2) is 8.46. The van der Waals surface area contributed by atoms with E-state index in [1.165, 1.54) is 0 Å².